The Morgan fingerprint density at radius 3 is 2.79 bits per heavy atom. The lowest BCUT2D eigenvalue weighted by Crippen LogP contribution is -2.17. The van der Waals surface area contributed by atoms with Crippen LogP contribution in [0.3, 0.4) is 0 Å². The molecule has 0 bridgehead atoms. The van der Waals surface area contributed by atoms with Crippen molar-refractivity contribution >= 4 is 11.4 Å². The highest BCUT2D eigenvalue weighted by Crippen LogP contribution is 2.23. The zero-order valence-corrected chi connectivity index (χ0v) is 11.4. The Labute approximate surface area is 114 Å². The SMILES string of the molecule is Cc1ccoc1CNc1cccc(N2CCCC2)c1. The van der Waals surface area contributed by atoms with Crippen molar-refractivity contribution in [3.05, 3.63) is 47.9 Å². The van der Waals surface area contributed by atoms with Gasteiger partial charge in [-0.1, -0.05) is 6.07 Å². The smallest absolute Gasteiger partial charge is 0.125 e. The fraction of sp³-hybridized carbons (Fsp3) is 0.375. The second-order valence-corrected chi connectivity index (χ2v) is 5.12. The van der Waals surface area contributed by atoms with E-state index in [1.54, 1.807) is 6.26 Å². The second kappa shape index (κ2) is 5.39. The molecule has 1 fully saturated rings. The average Bonchev–Trinajstić information content (AvgIpc) is 3.08. The number of hydrogen-bond donors (Lipinski definition) is 1. The lowest BCUT2D eigenvalue weighted by atomic mass is 10.2. The van der Waals surface area contributed by atoms with Gasteiger partial charge in [-0.2, -0.15) is 0 Å². The molecule has 3 heteroatoms. The van der Waals surface area contributed by atoms with E-state index in [0.717, 1.165) is 18.0 Å². The molecule has 1 saturated heterocycles. The number of aryl methyl sites for hydroxylation is 1. The van der Waals surface area contributed by atoms with Gasteiger partial charge >= 0.3 is 0 Å². The summed E-state index contributed by atoms with van der Waals surface area (Å²) in [6, 6.07) is 10.6. The molecule has 0 amide bonds. The number of furan rings is 1. The van der Waals surface area contributed by atoms with Crippen molar-refractivity contribution in [3.63, 3.8) is 0 Å². The Bertz CT molecular complexity index is 541. The minimum Gasteiger partial charge on any atom is -0.467 e. The zero-order chi connectivity index (χ0) is 13.1. The summed E-state index contributed by atoms with van der Waals surface area (Å²) >= 11 is 0. The van der Waals surface area contributed by atoms with Gasteiger partial charge in [0.2, 0.25) is 0 Å². The molecule has 100 valence electrons. The minimum atomic E-state index is 0.738. The third-order valence-corrected chi connectivity index (χ3v) is 3.74. The van der Waals surface area contributed by atoms with Crippen LogP contribution < -0.4 is 10.2 Å². The summed E-state index contributed by atoms with van der Waals surface area (Å²) in [4.78, 5) is 2.45. The van der Waals surface area contributed by atoms with E-state index < -0.39 is 0 Å². The largest absolute Gasteiger partial charge is 0.467 e. The van der Waals surface area contributed by atoms with E-state index in [4.69, 9.17) is 4.42 Å². The lowest BCUT2D eigenvalue weighted by molar-refractivity contribution is 0.515. The molecule has 3 nitrogen and oxygen atoms in total. The number of nitrogens with one attached hydrogen (secondary N) is 1. The maximum atomic E-state index is 5.44. The maximum absolute atomic E-state index is 5.44. The third kappa shape index (κ3) is 2.75. The van der Waals surface area contributed by atoms with Crippen LogP contribution in [0.1, 0.15) is 24.2 Å². The number of nitrogens with zero attached hydrogens (tertiary/aromatic N) is 1. The summed E-state index contributed by atoms with van der Waals surface area (Å²) in [7, 11) is 0. The molecule has 1 aliphatic heterocycles. The average molecular weight is 256 g/mol. The Hall–Kier alpha value is -1.90. The van der Waals surface area contributed by atoms with Crippen molar-refractivity contribution < 1.29 is 4.42 Å². The molecule has 0 radical (unpaired) electrons. The molecular formula is C16H20N2O. The van der Waals surface area contributed by atoms with Crippen molar-refractivity contribution in [2.75, 3.05) is 23.3 Å². The molecule has 0 atom stereocenters. The van der Waals surface area contributed by atoms with Crippen LogP contribution in [0.5, 0.6) is 0 Å². The van der Waals surface area contributed by atoms with Crippen molar-refractivity contribution in [1.82, 2.24) is 0 Å². The van der Waals surface area contributed by atoms with E-state index in [0.29, 0.717) is 0 Å². The van der Waals surface area contributed by atoms with Gasteiger partial charge in [0.05, 0.1) is 12.8 Å². The monoisotopic (exact) mass is 256 g/mol. The summed E-state index contributed by atoms with van der Waals surface area (Å²) in [5.74, 6) is 1.01. The highest BCUT2D eigenvalue weighted by Gasteiger charge is 2.12. The Balaban J connectivity index is 1.67. The van der Waals surface area contributed by atoms with Gasteiger partial charge in [-0.05, 0) is 49.6 Å². The van der Waals surface area contributed by atoms with Gasteiger partial charge < -0.3 is 14.6 Å². The molecule has 1 N–H and O–H groups in total. The van der Waals surface area contributed by atoms with E-state index in [9.17, 15) is 0 Å². The second-order valence-electron chi connectivity index (χ2n) is 5.12. The molecule has 0 saturated carbocycles. The summed E-state index contributed by atoms with van der Waals surface area (Å²) in [5.41, 5.74) is 3.67. The summed E-state index contributed by atoms with van der Waals surface area (Å²) in [6.45, 7) is 5.17. The molecule has 1 aromatic heterocycles. The molecule has 0 unspecified atom stereocenters. The summed E-state index contributed by atoms with van der Waals surface area (Å²) in [6.07, 6.45) is 4.36. The Morgan fingerprint density at radius 1 is 1.21 bits per heavy atom. The van der Waals surface area contributed by atoms with Gasteiger partial charge in [0, 0.05) is 24.5 Å². The van der Waals surface area contributed by atoms with Crippen LogP contribution >= 0.6 is 0 Å². The van der Waals surface area contributed by atoms with Gasteiger partial charge in [-0.15, -0.1) is 0 Å². The van der Waals surface area contributed by atoms with E-state index in [1.165, 1.54) is 37.2 Å². The van der Waals surface area contributed by atoms with Gasteiger partial charge in [0.1, 0.15) is 5.76 Å². The Morgan fingerprint density at radius 2 is 2.05 bits per heavy atom. The van der Waals surface area contributed by atoms with E-state index in [1.807, 2.05) is 6.07 Å². The van der Waals surface area contributed by atoms with Crippen LogP contribution in [0.4, 0.5) is 11.4 Å². The normalized spacial score (nSPS) is 14.9. The van der Waals surface area contributed by atoms with E-state index in [2.05, 4.69) is 41.4 Å². The highest BCUT2D eigenvalue weighted by atomic mass is 16.3. The first-order chi connectivity index (χ1) is 9.33. The van der Waals surface area contributed by atoms with Gasteiger partial charge in [0.25, 0.3) is 0 Å². The topological polar surface area (TPSA) is 28.4 Å². The Kier molecular flexibility index (Phi) is 3.45. The molecule has 2 heterocycles. The van der Waals surface area contributed by atoms with Crippen molar-refractivity contribution in [2.24, 2.45) is 0 Å². The zero-order valence-electron chi connectivity index (χ0n) is 11.4. The number of benzene rings is 1. The predicted octanol–water partition coefficient (Wildman–Crippen LogP) is 3.80. The summed E-state index contributed by atoms with van der Waals surface area (Å²) in [5, 5.41) is 3.43. The molecule has 19 heavy (non-hydrogen) atoms. The van der Waals surface area contributed by atoms with Crippen LogP contribution in [0.25, 0.3) is 0 Å². The lowest BCUT2D eigenvalue weighted by Gasteiger charge is -2.18. The predicted molar refractivity (Wildman–Crippen MR) is 78.7 cm³/mol. The number of hydrogen-bond acceptors (Lipinski definition) is 3. The van der Waals surface area contributed by atoms with Gasteiger partial charge in [-0.3, -0.25) is 0 Å². The van der Waals surface area contributed by atoms with E-state index >= 15 is 0 Å². The van der Waals surface area contributed by atoms with Crippen molar-refractivity contribution in [1.29, 1.82) is 0 Å². The molecule has 0 aliphatic carbocycles. The standard InChI is InChI=1S/C16H20N2O/c1-13-7-10-19-16(13)12-17-14-5-4-6-15(11-14)18-8-2-3-9-18/h4-7,10-11,17H,2-3,8-9,12H2,1H3. The molecule has 1 aliphatic rings. The van der Waals surface area contributed by atoms with E-state index in [-0.39, 0.29) is 0 Å². The van der Waals surface area contributed by atoms with Crippen LogP contribution in [0.2, 0.25) is 0 Å². The summed E-state index contributed by atoms with van der Waals surface area (Å²) < 4.78 is 5.44. The molecule has 3 rings (SSSR count). The van der Waals surface area contributed by atoms with Crippen LogP contribution in [0, 0.1) is 6.92 Å². The number of rotatable bonds is 4. The van der Waals surface area contributed by atoms with Crippen LogP contribution in [-0.2, 0) is 6.54 Å². The molecular weight excluding hydrogens is 236 g/mol. The van der Waals surface area contributed by atoms with Gasteiger partial charge in [0.15, 0.2) is 0 Å². The first kappa shape index (κ1) is 12.2. The third-order valence-electron chi connectivity index (χ3n) is 3.74. The highest BCUT2D eigenvalue weighted by molar-refractivity contribution is 5.58. The first-order valence-electron chi connectivity index (χ1n) is 6.95. The number of anilines is 2. The van der Waals surface area contributed by atoms with Crippen molar-refractivity contribution in [2.45, 2.75) is 26.3 Å². The maximum Gasteiger partial charge on any atom is 0.125 e. The quantitative estimate of drug-likeness (QED) is 0.902. The van der Waals surface area contributed by atoms with Gasteiger partial charge in [-0.25, -0.2) is 0 Å². The fourth-order valence-corrected chi connectivity index (χ4v) is 2.56. The van der Waals surface area contributed by atoms with Crippen molar-refractivity contribution in [3.8, 4) is 0 Å². The van der Waals surface area contributed by atoms with Crippen LogP contribution in [0.15, 0.2) is 41.0 Å². The molecule has 0 spiro atoms. The fourth-order valence-electron chi connectivity index (χ4n) is 2.56. The van der Waals surface area contributed by atoms with Crippen LogP contribution in [-0.4, -0.2) is 13.1 Å². The first-order valence-corrected chi connectivity index (χ1v) is 6.95. The molecule has 2 aromatic rings. The molecule has 1 aromatic carbocycles. The minimum absolute atomic E-state index is 0.738.